The molecule has 1 N–H and O–H groups in total. The molecule has 2 aromatic carbocycles. The third-order valence-corrected chi connectivity index (χ3v) is 8.95. The zero-order valence-electron chi connectivity index (χ0n) is 17.0. The average molecular weight is 416 g/mol. The van der Waals surface area contributed by atoms with Crippen molar-refractivity contribution in [2.24, 2.45) is 0 Å². The van der Waals surface area contributed by atoms with E-state index in [2.05, 4.69) is 0 Å². The summed E-state index contributed by atoms with van der Waals surface area (Å²) in [6.45, 7) is 4.15. The van der Waals surface area contributed by atoms with Crippen molar-refractivity contribution < 1.29 is 28.0 Å². The molecule has 2 fully saturated rings. The molecule has 2 aromatic rings. The first-order valence-corrected chi connectivity index (χ1v) is 11.5. The zero-order valence-corrected chi connectivity index (χ0v) is 17.9. The fraction of sp³-hybridized carbons (Fsp3) is 0.409. The topological polar surface area (TPSA) is 66.3 Å². The fourth-order valence-corrected chi connectivity index (χ4v) is 7.85. The number of hydrogen-bond acceptors (Lipinski definition) is 5. The van der Waals surface area contributed by atoms with E-state index >= 15 is 0 Å². The van der Waals surface area contributed by atoms with Gasteiger partial charge in [-0.15, -0.1) is 0 Å². The second-order valence-electron chi connectivity index (χ2n) is 7.46. The van der Waals surface area contributed by atoms with E-state index in [4.69, 9.17) is 13.8 Å². The Labute approximate surface area is 171 Å². The number of fused-ring (bicyclic) bond motifs is 1. The normalized spacial score (nSPS) is 30.2. The van der Waals surface area contributed by atoms with Crippen molar-refractivity contribution in [3.63, 3.8) is 0 Å². The number of hydrogen-bond donors (Lipinski definition) is 1. The lowest BCUT2D eigenvalue weighted by Crippen LogP contribution is -3.14. The highest BCUT2D eigenvalue weighted by Crippen LogP contribution is 2.73. The molecule has 4 atom stereocenters. The lowest BCUT2D eigenvalue weighted by molar-refractivity contribution is -0.897. The molecule has 2 saturated heterocycles. The van der Waals surface area contributed by atoms with E-state index in [0.717, 1.165) is 16.0 Å². The van der Waals surface area contributed by atoms with E-state index in [1.54, 1.807) is 0 Å². The molecule has 0 radical (unpaired) electrons. The maximum absolute atomic E-state index is 14.2. The van der Waals surface area contributed by atoms with E-state index in [0.29, 0.717) is 6.42 Å². The lowest BCUT2D eigenvalue weighted by Gasteiger charge is -2.44. The van der Waals surface area contributed by atoms with Gasteiger partial charge in [0.25, 0.3) is 5.54 Å². The van der Waals surface area contributed by atoms with Crippen LogP contribution in [0, 0.1) is 0 Å². The summed E-state index contributed by atoms with van der Waals surface area (Å²) >= 11 is 0. The minimum absolute atomic E-state index is 0.161. The van der Waals surface area contributed by atoms with Crippen LogP contribution in [0.4, 0.5) is 0 Å². The lowest BCUT2D eigenvalue weighted by atomic mass is 9.85. The Bertz CT molecular complexity index is 927. The van der Waals surface area contributed by atoms with Crippen LogP contribution in [0.2, 0.25) is 0 Å². The summed E-state index contributed by atoms with van der Waals surface area (Å²) in [4.78, 5) is 13.8. The molecule has 2 aliphatic heterocycles. The fourth-order valence-electron chi connectivity index (χ4n) is 5.12. The number of esters is 1. The molecule has 0 spiro atoms. The van der Waals surface area contributed by atoms with Crippen LogP contribution in [0.3, 0.4) is 0 Å². The number of methoxy groups -OCH3 is 1. The van der Waals surface area contributed by atoms with E-state index in [1.165, 1.54) is 7.11 Å². The second-order valence-corrected chi connectivity index (χ2v) is 9.73. The molecule has 1 unspecified atom stereocenters. The largest absolute Gasteiger partial charge is 0.464 e. The van der Waals surface area contributed by atoms with Gasteiger partial charge in [0.05, 0.1) is 26.7 Å². The highest BCUT2D eigenvalue weighted by Gasteiger charge is 2.96. The summed E-state index contributed by atoms with van der Waals surface area (Å²) in [6, 6.07) is 19.3. The number of quaternary nitrogens is 1. The molecule has 2 aliphatic rings. The van der Waals surface area contributed by atoms with Gasteiger partial charge in [-0.05, 0) is 13.8 Å². The van der Waals surface area contributed by atoms with E-state index in [9.17, 15) is 9.36 Å². The smallest absolute Gasteiger partial charge is 0.395 e. The minimum atomic E-state index is -3.59. The van der Waals surface area contributed by atoms with E-state index in [-0.39, 0.29) is 25.2 Å². The number of carbonyl (C=O) groups is 1. The van der Waals surface area contributed by atoms with Gasteiger partial charge in [-0.2, -0.15) is 0 Å². The van der Waals surface area contributed by atoms with E-state index < -0.39 is 18.4 Å². The molecule has 2 heterocycles. The van der Waals surface area contributed by atoms with Gasteiger partial charge in [0.2, 0.25) is 5.28 Å². The van der Waals surface area contributed by atoms with Crippen molar-refractivity contribution in [1.82, 2.24) is 0 Å². The Morgan fingerprint density at radius 2 is 1.59 bits per heavy atom. The van der Waals surface area contributed by atoms with Crippen LogP contribution in [0.5, 0.6) is 0 Å². The molecular formula is C22H27NO5P+. The first kappa shape index (κ1) is 20.3. The predicted molar refractivity (Wildman–Crippen MR) is 108 cm³/mol. The molecule has 0 aliphatic carbocycles. The Hall–Kier alpha value is -1.98. The second kappa shape index (κ2) is 7.37. The van der Waals surface area contributed by atoms with Crippen LogP contribution in [-0.2, 0) is 28.4 Å². The van der Waals surface area contributed by atoms with Crippen LogP contribution in [0.15, 0.2) is 60.7 Å². The maximum Gasteiger partial charge on any atom is 0.395 e. The van der Waals surface area contributed by atoms with Gasteiger partial charge in [-0.1, -0.05) is 60.7 Å². The molecular weight excluding hydrogens is 389 g/mol. The summed E-state index contributed by atoms with van der Waals surface area (Å²) in [7, 11) is -2.18. The quantitative estimate of drug-likeness (QED) is 0.407. The van der Waals surface area contributed by atoms with Crippen LogP contribution >= 0.6 is 7.60 Å². The molecule has 0 saturated carbocycles. The first-order valence-electron chi connectivity index (χ1n) is 9.97. The molecule has 154 valence electrons. The SMILES string of the molecule is CCOP(=O)(OCC)[C@]1(c2ccccc2)C[C@@]2(C(=O)OC)[C@@H](c3ccccc3)[NH+]12. The Morgan fingerprint density at radius 3 is 2.10 bits per heavy atom. The van der Waals surface area contributed by atoms with Crippen LogP contribution < -0.4 is 4.90 Å². The average Bonchev–Trinajstić information content (AvgIpc) is 3.30. The number of nitrogens with one attached hydrogen (secondary N) is 1. The number of rotatable bonds is 8. The van der Waals surface area contributed by atoms with Crippen molar-refractivity contribution in [1.29, 1.82) is 0 Å². The van der Waals surface area contributed by atoms with Gasteiger partial charge in [-0.3, -0.25) is 9.46 Å². The van der Waals surface area contributed by atoms with Crippen LogP contribution in [0.1, 0.15) is 37.4 Å². The number of benzene rings is 2. The molecule has 4 rings (SSSR count). The highest BCUT2D eigenvalue weighted by molar-refractivity contribution is 7.55. The molecule has 0 bridgehead atoms. The third-order valence-electron chi connectivity index (χ3n) is 6.16. The minimum Gasteiger partial charge on any atom is -0.464 e. The van der Waals surface area contributed by atoms with Gasteiger partial charge < -0.3 is 13.8 Å². The molecule has 0 amide bonds. The molecule has 6 nitrogen and oxygen atoms in total. The van der Waals surface area contributed by atoms with E-state index in [1.807, 2.05) is 74.5 Å². The van der Waals surface area contributed by atoms with Crippen molar-refractivity contribution in [3.05, 3.63) is 71.8 Å². The van der Waals surface area contributed by atoms with Gasteiger partial charge in [0, 0.05) is 11.1 Å². The maximum atomic E-state index is 14.2. The summed E-state index contributed by atoms with van der Waals surface area (Å²) in [5.41, 5.74) is 1.11. The number of carbonyl (C=O) groups excluding carboxylic acids is 1. The Morgan fingerprint density at radius 1 is 1.03 bits per heavy atom. The van der Waals surface area contributed by atoms with Gasteiger partial charge in [0.15, 0.2) is 6.04 Å². The standard InChI is InChI=1S/C22H26NO5P/c1-4-27-29(25,28-5-2)22(18-14-10-7-11-15-18)16-21(20(24)26-3)19(23(21)22)17-12-8-6-9-13-17/h6-15,19H,4-5,16H2,1-3H3/p+1/t19-,21+,22+,23?/m1/s1. The van der Waals surface area contributed by atoms with Crippen LogP contribution in [0.25, 0.3) is 0 Å². The predicted octanol–water partition coefficient (Wildman–Crippen LogP) is 3.06. The third kappa shape index (κ3) is 2.67. The summed E-state index contributed by atoms with van der Waals surface area (Å²) < 4.78 is 31.0. The van der Waals surface area contributed by atoms with Gasteiger partial charge >= 0.3 is 13.6 Å². The van der Waals surface area contributed by atoms with Crippen LogP contribution in [-0.4, -0.2) is 31.8 Å². The highest BCUT2D eigenvalue weighted by atomic mass is 31.2. The zero-order chi connectivity index (χ0) is 20.7. The monoisotopic (exact) mass is 416 g/mol. The Balaban J connectivity index is 1.88. The summed E-state index contributed by atoms with van der Waals surface area (Å²) in [6.07, 6.45) is 0.350. The molecule has 7 heteroatoms. The first-order chi connectivity index (χ1) is 14.0. The number of ether oxygens (including phenoxy) is 1. The van der Waals surface area contributed by atoms with Crippen molar-refractivity contribution >= 4 is 13.6 Å². The molecule has 0 aromatic heterocycles. The summed E-state index contributed by atoms with van der Waals surface area (Å²) in [5, 5.41) is -0.949. The van der Waals surface area contributed by atoms with Crippen molar-refractivity contribution in [3.8, 4) is 0 Å². The van der Waals surface area contributed by atoms with Gasteiger partial charge in [0.1, 0.15) is 0 Å². The summed E-state index contributed by atoms with van der Waals surface area (Å²) in [5.74, 6) is -0.285. The Kier molecular flexibility index (Phi) is 5.16. The van der Waals surface area contributed by atoms with Gasteiger partial charge in [-0.25, -0.2) is 4.79 Å². The van der Waals surface area contributed by atoms with Crippen molar-refractivity contribution in [2.45, 2.75) is 37.1 Å². The molecule has 29 heavy (non-hydrogen) atoms. The van der Waals surface area contributed by atoms with Crippen molar-refractivity contribution in [2.75, 3.05) is 20.3 Å².